The smallest absolute Gasteiger partial charge is 0.219 e. The average Bonchev–Trinajstić information content (AvgIpc) is 2.20. The van der Waals surface area contributed by atoms with Gasteiger partial charge >= 0.3 is 0 Å². The number of ketones is 1. The van der Waals surface area contributed by atoms with Gasteiger partial charge in [-0.2, -0.15) is 0 Å². The van der Waals surface area contributed by atoms with Crippen molar-refractivity contribution >= 4 is 11.7 Å². The van der Waals surface area contributed by atoms with Crippen molar-refractivity contribution in [2.45, 2.75) is 26.8 Å². The zero-order valence-electron chi connectivity index (χ0n) is 9.99. The second-order valence-electron chi connectivity index (χ2n) is 4.07. The zero-order valence-corrected chi connectivity index (χ0v) is 9.99. The molecule has 3 nitrogen and oxygen atoms in total. The molecule has 0 saturated heterocycles. The van der Waals surface area contributed by atoms with Crippen LogP contribution in [-0.2, 0) is 22.6 Å². The van der Waals surface area contributed by atoms with Crippen molar-refractivity contribution in [1.29, 1.82) is 0 Å². The van der Waals surface area contributed by atoms with Crippen LogP contribution in [-0.4, -0.2) is 23.6 Å². The highest BCUT2D eigenvalue weighted by molar-refractivity contribution is 5.78. The Bertz CT molecular complexity index is 381. The highest BCUT2D eigenvalue weighted by Gasteiger charge is 2.03. The van der Waals surface area contributed by atoms with Gasteiger partial charge in [-0.25, -0.2) is 0 Å². The molecule has 0 N–H and O–H groups in total. The number of nitrogens with zero attached hydrogens (tertiary/aromatic N) is 1. The Kier molecular flexibility index (Phi) is 4.23. The number of hydrogen-bond acceptors (Lipinski definition) is 2. The molecule has 0 fully saturated rings. The van der Waals surface area contributed by atoms with Crippen LogP contribution in [0.25, 0.3) is 0 Å². The van der Waals surface area contributed by atoms with E-state index in [0.29, 0.717) is 13.0 Å². The van der Waals surface area contributed by atoms with Crippen molar-refractivity contribution in [3.63, 3.8) is 0 Å². The summed E-state index contributed by atoms with van der Waals surface area (Å²) >= 11 is 0. The number of carbonyl (C=O) groups excluding carboxylic acids is 2. The number of hydrogen-bond donors (Lipinski definition) is 0. The summed E-state index contributed by atoms with van der Waals surface area (Å²) in [5.74, 6) is 0.210. The molecule has 1 aromatic carbocycles. The molecule has 0 radical (unpaired) electrons. The SMILES string of the molecule is CC(=O)Cc1ccc(CN(C)C(C)=O)cc1. The Labute approximate surface area is 96.1 Å². The summed E-state index contributed by atoms with van der Waals surface area (Å²) in [6.07, 6.45) is 0.475. The summed E-state index contributed by atoms with van der Waals surface area (Å²) in [7, 11) is 1.77. The molecule has 0 saturated carbocycles. The lowest BCUT2D eigenvalue weighted by atomic mass is 10.1. The highest BCUT2D eigenvalue weighted by Crippen LogP contribution is 2.07. The summed E-state index contributed by atoms with van der Waals surface area (Å²) < 4.78 is 0. The molecule has 16 heavy (non-hydrogen) atoms. The lowest BCUT2D eigenvalue weighted by molar-refractivity contribution is -0.128. The summed E-state index contributed by atoms with van der Waals surface area (Å²) in [6, 6.07) is 7.78. The first-order valence-electron chi connectivity index (χ1n) is 5.28. The van der Waals surface area contributed by atoms with E-state index in [9.17, 15) is 9.59 Å². The average molecular weight is 219 g/mol. The molecule has 86 valence electrons. The summed E-state index contributed by atoms with van der Waals surface area (Å²) in [4.78, 5) is 23.6. The Morgan fingerprint density at radius 1 is 1.06 bits per heavy atom. The molecule has 0 aliphatic rings. The Balaban J connectivity index is 2.64. The topological polar surface area (TPSA) is 37.4 Å². The lowest BCUT2D eigenvalue weighted by Gasteiger charge is -2.14. The first-order chi connectivity index (χ1) is 7.49. The molecule has 0 heterocycles. The van der Waals surface area contributed by atoms with Crippen LogP contribution in [0.1, 0.15) is 25.0 Å². The first-order valence-corrected chi connectivity index (χ1v) is 5.28. The molecule has 1 amide bonds. The van der Waals surface area contributed by atoms with Gasteiger partial charge in [0.1, 0.15) is 5.78 Å². The van der Waals surface area contributed by atoms with Gasteiger partial charge in [-0.1, -0.05) is 24.3 Å². The van der Waals surface area contributed by atoms with Crippen molar-refractivity contribution in [2.75, 3.05) is 7.05 Å². The summed E-state index contributed by atoms with van der Waals surface area (Å²) in [5, 5.41) is 0. The third-order valence-corrected chi connectivity index (χ3v) is 2.43. The minimum Gasteiger partial charge on any atom is -0.342 e. The zero-order chi connectivity index (χ0) is 12.1. The highest BCUT2D eigenvalue weighted by atomic mass is 16.2. The van der Waals surface area contributed by atoms with Crippen molar-refractivity contribution < 1.29 is 9.59 Å². The molecule has 1 aromatic rings. The van der Waals surface area contributed by atoms with Gasteiger partial charge in [0.05, 0.1) is 0 Å². The van der Waals surface area contributed by atoms with Gasteiger partial charge in [-0.3, -0.25) is 9.59 Å². The summed E-state index contributed by atoms with van der Waals surface area (Å²) in [6.45, 7) is 3.73. The van der Waals surface area contributed by atoms with E-state index < -0.39 is 0 Å². The minimum atomic E-state index is 0.0489. The van der Waals surface area contributed by atoms with Gasteiger partial charge in [-0.05, 0) is 18.1 Å². The van der Waals surface area contributed by atoms with Crippen LogP contribution in [0, 0.1) is 0 Å². The van der Waals surface area contributed by atoms with E-state index in [4.69, 9.17) is 0 Å². The maximum atomic E-state index is 11.0. The molecule has 0 aliphatic carbocycles. The quantitative estimate of drug-likeness (QED) is 0.774. The number of benzene rings is 1. The molecular formula is C13H17NO2. The maximum absolute atomic E-state index is 11.0. The lowest BCUT2D eigenvalue weighted by Crippen LogP contribution is -2.22. The van der Waals surface area contributed by atoms with E-state index in [1.807, 2.05) is 24.3 Å². The third-order valence-electron chi connectivity index (χ3n) is 2.43. The molecule has 0 aliphatic heterocycles. The monoisotopic (exact) mass is 219 g/mol. The molecule has 0 atom stereocenters. The van der Waals surface area contributed by atoms with Gasteiger partial charge < -0.3 is 4.90 Å². The molecule has 0 aromatic heterocycles. The van der Waals surface area contributed by atoms with Crippen molar-refractivity contribution in [2.24, 2.45) is 0 Å². The Hall–Kier alpha value is -1.64. The van der Waals surface area contributed by atoms with Gasteiger partial charge in [0.2, 0.25) is 5.91 Å². The van der Waals surface area contributed by atoms with E-state index in [0.717, 1.165) is 11.1 Å². The van der Waals surface area contributed by atoms with Crippen molar-refractivity contribution in [1.82, 2.24) is 4.90 Å². The van der Waals surface area contributed by atoms with E-state index in [1.165, 1.54) is 0 Å². The fraction of sp³-hybridized carbons (Fsp3) is 0.385. The maximum Gasteiger partial charge on any atom is 0.219 e. The number of rotatable bonds is 4. The molecular weight excluding hydrogens is 202 g/mol. The largest absolute Gasteiger partial charge is 0.342 e. The predicted octanol–water partition coefficient (Wildman–Crippen LogP) is 1.80. The number of Topliss-reactive ketones (excluding diaryl/α,β-unsaturated/α-hetero) is 1. The van der Waals surface area contributed by atoms with Gasteiger partial charge in [0, 0.05) is 26.9 Å². The Morgan fingerprint density at radius 3 is 2.00 bits per heavy atom. The third kappa shape index (κ3) is 3.85. The van der Waals surface area contributed by atoms with Crippen LogP contribution < -0.4 is 0 Å². The number of carbonyl (C=O) groups is 2. The van der Waals surface area contributed by atoms with Crippen LogP contribution in [0.5, 0.6) is 0 Å². The van der Waals surface area contributed by atoms with Crippen molar-refractivity contribution in [3.8, 4) is 0 Å². The fourth-order valence-electron chi connectivity index (χ4n) is 1.44. The van der Waals surface area contributed by atoms with Gasteiger partial charge in [0.25, 0.3) is 0 Å². The first kappa shape index (κ1) is 12.4. The normalized spacial score (nSPS) is 9.94. The molecule has 0 bridgehead atoms. The molecule has 1 rings (SSSR count). The van der Waals surface area contributed by atoms with E-state index in [1.54, 1.807) is 25.8 Å². The van der Waals surface area contributed by atoms with Gasteiger partial charge in [0.15, 0.2) is 0 Å². The van der Waals surface area contributed by atoms with E-state index in [-0.39, 0.29) is 11.7 Å². The molecule has 3 heteroatoms. The standard InChI is InChI=1S/C13H17NO2/c1-10(15)8-12-4-6-13(7-5-12)9-14(3)11(2)16/h4-7H,8-9H2,1-3H3. The van der Waals surface area contributed by atoms with Crippen LogP contribution in [0.4, 0.5) is 0 Å². The molecule has 0 spiro atoms. The minimum absolute atomic E-state index is 0.0489. The number of amides is 1. The summed E-state index contributed by atoms with van der Waals surface area (Å²) in [5.41, 5.74) is 2.09. The van der Waals surface area contributed by atoms with E-state index in [2.05, 4.69) is 0 Å². The second kappa shape index (κ2) is 5.45. The van der Waals surface area contributed by atoms with E-state index >= 15 is 0 Å². The fourth-order valence-corrected chi connectivity index (χ4v) is 1.44. The van der Waals surface area contributed by atoms with Crippen LogP contribution in [0.3, 0.4) is 0 Å². The van der Waals surface area contributed by atoms with Crippen molar-refractivity contribution in [3.05, 3.63) is 35.4 Å². The van der Waals surface area contributed by atoms with Gasteiger partial charge in [-0.15, -0.1) is 0 Å². The molecule has 0 unspecified atom stereocenters. The van der Waals surface area contributed by atoms with Crippen LogP contribution in [0.15, 0.2) is 24.3 Å². The van der Waals surface area contributed by atoms with Crippen LogP contribution in [0.2, 0.25) is 0 Å². The second-order valence-corrected chi connectivity index (χ2v) is 4.07. The van der Waals surface area contributed by atoms with Crippen LogP contribution >= 0.6 is 0 Å². The predicted molar refractivity (Wildman–Crippen MR) is 63.0 cm³/mol. The Morgan fingerprint density at radius 2 is 1.56 bits per heavy atom.